The molecule has 28 heavy (non-hydrogen) atoms. The molecule has 0 bridgehead atoms. The van der Waals surface area contributed by atoms with E-state index in [4.69, 9.17) is 14.6 Å². The van der Waals surface area contributed by atoms with Gasteiger partial charge in [-0.3, -0.25) is 0 Å². The van der Waals surface area contributed by atoms with Crippen molar-refractivity contribution in [2.45, 2.75) is 20.0 Å². The first-order valence-electron chi connectivity index (χ1n) is 9.16. The third-order valence-electron chi connectivity index (χ3n) is 4.14. The van der Waals surface area contributed by atoms with Crippen LogP contribution in [0.5, 0.6) is 0 Å². The summed E-state index contributed by atoms with van der Waals surface area (Å²) in [4.78, 5) is 0. The van der Waals surface area contributed by atoms with Crippen molar-refractivity contribution in [2.75, 3.05) is 26.4 Å². The number of hydrogen-bond acceptors (Lipinski definition) is 5. The van der Waals surface area contributed by atoms with Gasteiger partial charge in [-0.05, 0) is 30.0 Å². The fourth-order valence-corrected chi connectivity index (χ4v) is 2.64. The van der Waals surface area contributed by atoms with E-state index in [0.717, 1.165) is 23.1 Å². The van der Waals surface area contributed by atoms with Gasteiger partial charge in [0.1, 0.15) is 12.1 Å². The Balaban J connectivity index is 2.03. The van der Waals surface area contributed by atoms with Crippen LogP contribution in [0.1, 0.15) is 28.7 Å². The van der Waals surface area contributed by atoms with Crippen LogP contribution in [0.3, 0.4) is 0 Å². The lowest BCUT2D eigenvalue weighted by Crippen LogP contribution is -2.04. The van der Waals surface area contributed by atoms with E-state index in [1.54, 1.807) is 0 Å². The van der Waals surface area contributed by atoms with E-state index in [9.17, 15) is 10.5 Å². The van der Waals surface area contributed by atoms with Crippen LogP contribution in [0.25, 0.3) is 11.1 Å². The average Bonchev–Trinajstić information content (AvgIpc) is 2.73. The van der Waals surface area contributed by atoms with Crippen LogP contribution < -0.4 is 0 Å². The van der Waals surface area contributed by atoms with Crippen LogP contribution in [0.4, 0.5) is 0 Å². The van der Waals surface area contributed by atoms with Gasteiger partial charge in [0.2, 0.25) is 0 Å². The fraction of sp³-hybridized carbons (Fsp3) is 0.304. The molecule has 0 spiro atoms. The molecule has 0 aromatic heterocycles. The van der Waals surface area contributed by atoms with E-state index in [1.807, 2.05) is 55.5 Å². The number of hydrogen-bond donors (Lipinski definition) is 1. The normalized spacial score (nSPS) is 11.4. The zero-order valence-electron chi connectivity index (χ0n) is 16.0. The molecule has 2 aromatic rings. The number of aliphatic hydroxyl groups is 1. The summed E-state index contributed by atoms with van der Waals surface area (Å²) in [6.07, 6.45) is 0.765. The minimum Gasteiger partial charge on any atom is -0.394 e. The largest absolute Gasteiger partial charge is 0.394 e. The molecule has 2 aromatic carbocycles. The SMILES string of the molecule is Cc1ccc(/C(C#N)=C(/C#N)c2ccc(COCCCOCCO)cc2)cc1. The van der Waals surface area contributed by atoms with Crippen LogP contribution in [0.15, 0.2) is 48.5 Å². The number of rotatable bonds is 10. The van der Waals surface area contributed by atoms with Crippen LogP contribution in [0.2, 0.25) is 0 Å². The number of benzene rings is 2. The smallest absolute Gasteiger partial charge is 0.101 e. The van der Waals surface area contributed by atoms with Gasteiger partial charge in [-0.2, -0.15) is 10.5 Å². The fourth-order valence-electron chi connectivity index (χ4n) is 2.64. The summed E-state index contributed by atoms with van der Waals surface area (Å²) < 4.78 is 10.8. The molecule has 0 aliphatic carbocycles. The molecule has 5 nitrogen and oxygen atoms in total. The molecule has 144 valence electrons. The molecule has 0 unspecified atom stereocenters. The Morgan fingerprint density at radius 1 is 0.821 bits per heavy atom. The Kier molecular flexibility index (Phi) is 8.91. The van der Waals surface area contributed by atoms with E-state index in [0.29, 0.717) is 43.1 Å². The van der Waals surface area contributed by atoms with Crippen molar-refractivity contribution in [3.63, 3.8) is 0 Å². The Bertz CT molecular complexity index is 857. The van der Waals surface area contributed by atoms with E-state index in [1.165, 1.54) is 0 Å². The number of allylic oxidation sites excluding steroid dienone is 2. The van der Waals surface area contributed by atoms with Crippen molar-refractivity contribution in [1.29, 1.82) is 10.5 Å². The van der Waals surface area contributed by atoms with Gasteiger partial charge in [0, 0.05) is 13.2 Å². The molecule has 0 saturated carbocycles. The van der Waals surface area contributed by atoms with E-state index in [2.05, 4.69) is 12.1 Å². The highest BCUT2D eigenvalue weighted by Gasteiger charge is 2.11. The molecule has 1 N–H and O–H groups in total. The predicted molar refractivity (Wildman–Crippen MR) is 108 cm³/mol. The second kappa shape index (κ2) is 11.7. The van der Waals surface area contributed by atoms with Gasteiger partial charge in [-0.1, -0.05) is 54.1 Å². The van der Waals surface area contributed by atoms with Gasteiger partial charge in [0.05, 0.1) is 31.0 Å². The topological polar surface area (TPSA) is 86.3 Å². The highest BCUT2D eigenvalue weighted by atomic mass is 16.5. The quantitative estimate of drug-likeness (QED) is 0.386. The molecule has 0 aliphatic heterocycles. The maximum atomic E-state index is 9.62. The second-order valence-corrected chi connectivity index (χ2v) is 6.28. The van der Waals surface area contributed by atoms with E-state index in [-0.39, 0.29) is 6.61 Å². The van der Waals surface area contributed by atoms with Gasteiger partial charge in [0.15, 0.2) is 0 Å². The molecule has 2 rings (SSSR count). The maximum absolute atomic E-state index is 9.62. The van der Waals surface area contributed by atoms with Crippen molar-refractivity contribution in [1.82, 2.24) is 0 Å². The van der Waals surface area contributed by atoms with Gasteiger partial charge in [0.25, 0.3) is 0 Å². The lowest BCUT2D eigenvalue weighted by atomic mass is 9.95. The lowest BCUT2D eigenvalue weighted by molar-refractivity contribution is 0.0594. The predicted octanol–water partition coefficient (Wildman–Crippen LogP) is 3.87. The minimum absolute atomic E-state index is 0.0315. The van der Waals surface area contributed by atoms with Crippen molar-refractivity contribution >= 4 is 11.1 Å². The number of aryl methyl sites for hydroxylation is 1. The Morgan fingerprint density at radius 3 is 1.89 bits per heavy atom. The summed E-state index contributed by atoms with van der Waals surface area (Å²) in [5.41, 5.74) is 4.27. The monoisotopic (exact) mass is 376 g/mol. The maximum Gasteiger partial charge on any atom is 0.101 e. The summed E-state index contributed by atoms with van der Waals surface area (Å²) in [6, 6.07) is 19.4. The number of nitriles is 2. The standard InChI is InChI=1S/C23H24N2O3/c1-18-3-7-20(8-4-18)22(15-24)23(16-25)21-9-5-19(6-10-21)17-28-13-2-12-27-14-11-26/h3-10,26H,2,11-14,17H2,1H3/b23-22-. The van der Waals surface area contributed by atoms with Crippen LogP contribution in [-0.2, 0) is 16.1 Å². The summed E-state index contributed by atoms with van der Waals surface area (Å²) in [5.74, 6) is 0. The van der Waals surface area contributed by atoms with Crippen molar-refractivity contribution < 1.29 is 14.6 Å². The second-order valence-electron chi connectivity index (χ2n) is 6.28. The Labute approximate surface area is 166 Å². The van der Waals surface area contributed by atoms with Gasteiger partial charge in [-0.15, -0.1) is 0 Å². The number of nitrogens with zero attached hydrogens (tertiary/aromatic N) is 2. The Hall–Kier alpha value is -2.96. The van der Waals surface area contributed by atoms with Crippen molar-refractivity contribution in [3.8, 4) is 12.1 Å². The third kappa shape index (κ3) is 6.33. The van der Waals surface area contributed by atoms with Gasteiger partial charge in [-0.25, -0.2) is 0 Å². The summed E-state index contributed by atoms with van der Waals surface area (Å²) in [7, 11) is 0. The summed E-state index contributed by atoms with van der Waals surface area (Å²) >= 11 is 0. The molecule has 0 aliphatic rings. The van der Waals surface area contributed by atoms with E-state index >= 15 is 0 Å². The minimum atomic E-state index is 0.0315. The molecule has 0 saturated heterocycles. The molecule has 5 heteroatoms. The zero-order valence-corrected chi connectivity index (χ0v) is 16.0. The van der Waals surface area contributed by atoms with Gasteiger partial charge < -0.3 is 14.6 Å². The first-order valence-corrected chi connectivity index (χ1v) is 9.16. The number of ether oxygens (including phenoxy) is 2. The molecular formula is C23H24N2O3. The molecule has 0 amide bonds. The Morgan fingerprint density at radius 2 is 1.36 bits per heavy atom. The molecule has 0 radical (unpaired) electrons. The van der Waals surface area contributed by atoms with Crippen LogP contribution >= 0.6 is 0 Å². The molecule has 0 fully saturated rings. The van der Waals surface area contributed by atoms with Crippen LogP contribution in [0, 0.1) is 29.6 Å². The molecular weight excluding hydrogens is 352 g/mol. The summed E-state index contributed by atoms with van der Waals surface area (Å²) in [5, 5.41) is 27.8. The van der Waals surface area contributed by atoms with Crippen molar-refractivity contribution in [2.24, 2.45) is 0 Å². The number of aliphatic hydroxyl groups excluding tert-OH is 1. The molecule has 0 heterocycles. The first-order chi connectivity index (χ1) is 13.7. The van der Waals surface area contributed by atoms with Crippen molar-refractivity contribution in [3.05, 3.63) is 70.8 Å². The van der Waals surface area contributed by atoms with Crippen LogP contribution in [-0.4, -0.2) is 31.5 Å². The van der Waals surface area contributed by atoms with E-state index < -0.39 is 0 Å². The zero-order chi connectivity index (χ0) is 20.2. The third-order valence-corrected chi connectivity index (χ3v) is 4.14. The summed E-state index contributed by atoms with van der Waals surface area (Å²) in [6.45, 7) is 3.96. The molecule has 0 atom stereocenters. The average molecular weight is 376 g/mol. The lowest BCUT2D eigenvalue weighted by Gasteiger charge is -2.08. The highest BCUT2D eigenvalue weighted by Crippen LogP contribution is 2.26. The first kappa shape index (κ1) is 21.3. The van der Waals surface area contributed by atoms with Gasteiger partial charge >= 0.3 is 0 Å². The highest BCUT2D eigenvalue weighted by molar-refractivity contribution is 6.02.